The van der Waals surface area contributed by atoms with Gasteiger partial charge in [0.25, 0.3) is 5.91 Å². The molecular formula is C10H18N2OS. The second-order valence-corrected chi connectivity index (χ2v) is 5.32. The zero-order valence-corrected chi connectivity index (χ0v) is 9.76. The molecule has 0 aromatic rings. The molecule has 2 aliphatic heterocycles. The summed E-state index contributed by atoms with van der Waals surface area (Å²) in [6.45, 7) is 7.32. The van der Waals surface area contributed by atoms with Gasteiger partial charge < -0.3 is 0 Å². The highest BCUT2D eigenvalue weighted by atomic mass is 32.1. The molecule has 14 heavy (non-hydrogen) atoms. The van der Waals surface area contributed by atoms with E-state index in [1.807, 2.05) is 0 Å². The van der Waals surface area contributed by atoms with E-state index in [0.717, 1.165) is 32.5 Å². The number of likely N-dealkylation sites (tertiary alicyclic amines) is 1. The van der Waals surface area contributed by atoms with Crippen LogP contribution in [0.25, 0.3) is 0 Å². The summed E-state index contributed by atoms with van der Waals surface area (Å²) in [7, 11) is 0. The van der Waals surface area contributed by atoms with Gasteiger partial charge in [-0.2, -0.15) is 0 Å². The van der Waals surface area contributed by atoms with E-state index in [9.17, 15) is 4.79 Å². The van der Waals surface area contributed by atoms with E-state index >= 15 is 0 Å². The fourth-order valence-electron chi connectivity index (χ4n) is 2.60. The third-order valence-corrected chi connectivity index (χ3v) is 3.58. The predicted octanol–water partition coefficient (Wildman–Crippen LogP) is 1.16. The Morgan fingerprint density at radius 2 is 2.29 bits per heavy atom. The molecule has 2 fully saturated rings. The topological polar surface area (TPSA) is 23.6 Å². The minimum Gasteiger partial charge on any atom is -0.288 e. The van der Waals surface area contributed by atoms with Crippen molar-refractivity contribution in [2.75, 3.05) is 19.6 Å². The number of carbonyl (C=O) groups is 1. The van der Waals surface area contributed by atoms with Crippen molar-refractivity contribution >= 4 is 18.7 Å². The van der Waals surface area contributed by atoms with Crippen molar-refractivity contribution in [2.24, 2.45) is 5.92 Å². The summed E-state index contributed by atoms with van der Waals surface area (Å²) in [6.07, 6.45) is 2.18. The van der Waals surface area contributed by atoms with Gasteiger partial charge in [-0.1, -0.05) is 26.7 Å². The quantitative estimate of drug-likeness (QED) is 0.551. The predicted molar refractivity (Wildman–Crippen MR) is 59.1 cm³/mol. The molecule has 1 atom stereocenters. The summed E-state index contributed by atoms with van der Waals surface area (Å²) in [4.78, 5) is 14.1. The summed E-state index contributed by atoms with van der Waals surface area (Å²) in [6, 6.07) is 0. The van der Waals surface area contributed by atoms with Crippen LogP contribution in [0.5, 0.6) is 0 Å². The molecule has 0 unspecified atom stereocenters. The van der Waals surface area contributed by atoms with Crippen molar-refractivity contribution in [2.45, 2.75) is 32.2 Å². The number of carbonyl (C=O) groups excluding carboxylic acids is 1. The number of β-lactam (4-membered cyclic amide) rings is 1. The second kappa shape index (κ2) is 3.42. The third kappa shape index (κ3) is 1.36. The van der Waals surface area contributed by atoms with Gasteiger partial charge in [-0.25, -0.2) is 0 Å². The van der Waals surface area contributed by atoms with E-state index in [4.69, 9.17) is 0 Å². The average Bonchev–Trinajstić information content (AvgIpc) is 2.50. The first-order valence-electron chi connectivity index (χ1n) is 5.32. The second-order valence-electron chi connectivity index (χ2n) is 4.84. The summed E-state index contributed by atoms with van der Waals surface area (Å²) in [5, 5.41) is 0. The van der Waals surface area contributed by atoms with Crippen LogP contribution in [-0.4, -0.2) is 40.3 Å². The van der Waals surface area contributed by atoms with Crippen LogP contribution in [0, 0.1) is 5.92 Å². The van der Waals surface area contributed by atoms with Crippen molar-refractivity contribution in [3.63, 3.8) is 0 Å². The Labute approximate surface area is 91.0 Å². The lowest BCUT2D eigenvalue weighted by Crippen LogP contribution is -2.69. The fraction of sp³-hybridized carbons (Fsp3) is 0.900. The Balaban J connectivity index is 2.08. The molecule has 2 rings (SSSR count). The maximum absolute atomic E-state index is 11.8. The lowest BCUT2D eigenvalue weighted by Gasteiger charge is -2.49. The molecule has 2 aliphatic rings. The smallest absolute Gasteiger partial charge is 0.254 e. The minimum atomic E-state index is -0.161. The highest BCUT2D eigenvalue weighted by Crippen LogP contribution is 2.39. The van der Waals surface area contributed by atoms with Crippen LogP contribution in [0.3, 0.4) is 0 Å². The van der Waals surface area contributed by atoms with E-state index in [1.165, 1.54) is 0 Å². The van der Waals surface area contributed by atoms with E-state index < -0.39 is 0 Å². The molecule has 0 aromatic carbocycles. The monoisotopic (exact) mass is 214 g/mol. The highest BCUT2D eigenvalue weighted by molar-refractivity contribution is 7.78. The Bertz CT molecular complexity index is 257. The zero-order valence-electron chi connectivity index (χ0n) is 8.86. The Morgan fingerprint density at radius 3 is 2.79 bits per heavy atom. The van der Waals surface area contributed by atoms with Crippen LogP contribution in [0.2, 0.25) is 0 Å². The third-order valence-electron chi connectivity index (χ3n) is 3.25. The fourth-order valence-corrected chi connectivity index (χ4v) is 3.02. The van der Waals surface area contributed by atoms with Crippen molar-refractivity contribution in [1.82, 2.24) is 9.21 Å². The lowest BCUT2D eigenvalue weighted by molar-refractivity contribution is -0.151. The van der Waals surface area contributed by atoms with Crippen molar-refractivity contribution in [1.29, 1.82) is 0 Å². The van der Waals surface area contributed by atoms with Gasteiger partial charge >= 0.3 is 0 Å². The summed E-state index contributed by atoms with van der Waals surface area (Å²) in [5.74, 6) is 0.839. The lowest BCUT2D eigenvalue weighted by atomic mass is 9.87. The summed E-state index contributed by atoms with van der Waals surface area (Å²) < 4.78 is 1.54. The molecule has 0 aliphatic carbocycles. The van der Waals surface area contributed by atoms with Crippen LogP contribution in [-0.2, 0) is 4.79 Å². The molecule has 0 aromatic heterocycles. The number of thiol groups is 1. The van der Waals surface area contributed by atoms with E-state index in [0.29, 0.717) is 5.92 Å². The maximum atomic E-state index is 11.8. The molecule has 1 amide bonds. The van der Waals surface area contributed by atoms with Gasteiger partial charge in [-0.15, -0.1) is 0 Å². The van der Waals surface area contributed by atoms with Gasteiger partial charge in [0.15, 0.2) is 0 Å². The molecule has 0 bridgehead atoms. The van der Waals surface area contributed by atoms with Crippen LogP contribution < -0.4 is 0 Å². The SMILES string of the molecule is CC(C)CN1CCC[C@]12CN(S)C2=O. The number of amides is 1. The molecule has 3 nitrogen and oxygen atoms in total. The first-order valence-corrected chi connectivity index (χ1v) is 5.72. The molecular weight excluding hydrogens is 196 g/mol. The van der Waals surface area contributed by atoms with E-state index in [2.05, 4.69) is 31.6 Å². The van der Waals surface area contributed by atoms with Crippen molar-refractivity contribution in [3.05, 3.63) is 0 Å². The largest absolute Gasteiger partial charge is 0.288 e. The highest BCUT2D eigenvalue weighted by Gasteiger charge is 2.57. The molecule has 1 spiro atoms. The van der Waals surface area contributed by atoms with Gasteiger partial charge in [0.2, 0.25) is 0 Å². The van der Waals surface area contributed by atoms with Crippen LogP contribution >= 0.6 is 12.8 Å². The molecule has 2 saturated heterocycles. The first kappa shape index (κ1) is 10.3. The molecule has 80 valence electrons. The number of hydrogen-bond donors (Lipinski definition) is 1. The van der Waals surface area contributed by atoms with Gasteiger partial charge in [-0.3, -0.25) is 14.0 Å². The number of nitrogens with zero attached hydrogens (tertiary/aromatic N) is 2. The zero-order chi connectivity index (χ0) is 10.3. The maximum Gasteiger partial charge on any atom is 0.254 e. The van der Waals surface area contributed by atoms with E-state index in [1.54, 1.807) is 4.31 Å². The summed E-state index contributed by atoms with van der Waals surface area (Å²) in [5.41, 5.74) is -0.161. The normalized spacial score (nSPS) is 33.1. The molecule has 0 N–H and O–H groups in total. The standard InChI is InChI=1S/C10H18N2OS/c1-8(2)6-11-5-3-4-10(11)7-12(14)9(10)13/h8,14H,3-7H2,1-2H3/t10-/m1/s1. The Kier molecular flexibility index (Phi) is 2.52. The van der Waals surface area contributed by atoms with Crippen LogP contribution in [0.1, 0.15) is 26.7 Å². The van der Waals surface area contributed by atoms with Gasteiger partial charge in [0.05, 0.1) is 6.54 Å². The van der Waals surface area contributed by atoms with Crippen molar-refractivity contribution in [3.8, 4) is 0 Å². The number of rotatable bonds is 2. The van der Waals surface area contributed by atoms with Crippen LogP contribution in [0.4, 0.5) is 0 Å². The van der Waals surface area contributed by atoms with Gasteiger partial charge in [0.1, 0.15) is 5.54 Å². The summed E-state index contributed by atoms with van der Waals surface area (Å²) >= 11 is 4.12. The number of hydrogen-bond acceptors (Lipinski definition) is 3. The minimum absolute atomic E-state index is 0.161. The molecule has 0 radical (unpaired) electrons. The molecule has 4 heteroatoms. The van der Waals surface area contributed by atoms with Crippen molar-refractivity contribution < 1.29 is 4.79 Å². The van der Waals surface area contributed by atoms with Gasteiger partial charge in [0, 0.05) is 6.54 Å². The van der Waals surface area contributed by atoms with Gasteiger partial charge in [-0.05, 0) is 25.3 Å². The Hall–Kier alpha value is -0.220. The molecule has 2 heterocycles. The van der Waals surface area contributed by atoms with E-state index in [-0.39, 0.29) is 11.4 Å². The van der Waals surface area contributed by atoms with Crippen LogP contribution in [0.15, 0.2) is 0 Å². The Morgan fingerprint density at radius 1 is 1.57 bits per heavy atom. The average molecular weight is 214 g/mol. The molecule has 0 saturated carbocycles. The first-order chi connectivity index (χ1) is 6.56.